The zero-order valence-electron chi connectivity index (χ0n) is 15.3. The van der Waals surface area contributed by atoms with Crippen LogP contribution in [-0.4, -0.2) is 34.8 Å². The van der Waals surface area contributed by atoms with E-state index in [1.165, 1.54) is 12.1 Å². The van der Waals surface area contributed by atoms with E-state index in [0.29, 0.717) is 23.8 Å². The summed E-state index contributed by atoms with van der Waals surface area (Å²) in [5.74, 6) is -0.347. The van der Waals surface area contributed by atoms with Gasteiger partial charge in [-0.3, -0.25) is 25.3 Å². The Labute approximate surface area is 178 Å². The normalized spacial score (nSPS) is 24.4. The molecule has 3 rings (SSSR count). The minimum absolute atomic E-state index is 0.222. The van der Waals surface area contributed by atoms with Gasteiger partial charge < -0.3 is 5.32 Å². The number of urea groups is 1. The van der Waals surface area contributed by atoms with Crippen LogP contribution in [0, 0.1) is 5.92 Å². The van der Waals surface area contributed by atoms with Gasteiger partial charge in [-0.2, -0.15) is 0 Å². The van der Waals surface area contributed by atoms with Crippen LogP contribution in [0.1, 0.15) is 39.0 Å². The lowest BCUT2D eigenvalue weighted by Crippen LogP contribution is -2.50. The number of amides is 4. The van der Waals surface area contributed by atoms with E-state index in [2.05, 4.69) is 23.1 Å². The van der Waals surface area contributed by atoms with Crippen molar-refractivity contribution in [1.29, 1.82) is 0 Å². The summed E-state index contributed by atoms with van der Waals surface area (Å²) in [5.41, 5.74) is 4.40. The number of nitrogens with zero attached hydrogens (tertiary/aromatic N) is 1. The van der Waals surface area contributed by atoms with Crippen molar-refractivity contribution >= 4 is 58.3 Å². The number of nitrogens with one attached hydrogen (secondary N) is 3. The van der Waals surface area contributed by atoms with Gasteiger partial charge in [0.1, 0.15) is 12.1 Å². The van der Waals surface area contributed by atoms with Crippen molar-refractivity contribution in [3.05, 3.63) is 27.2 Å². The zero-order valence-corrected chi connectivity index (χ0v) is 17.5. The first-order valence-corrected chi connectivity index (χ1v) is 10.2. The third kappa shape index (κ3) is 4.16. The Morgan fingerprint density at radius 3 is 2.39 bits per heavy atom. The number of hydrogen-bond donors (Lipinski definition) is 3. The second kappa shape index (κ2) is 8.35. The summed E-state index contributed by atoms with van der Waals surface area (Å²) in [6.07, 6.45) is 4.03. The molecule has 0 radical (unpaired) electrons. The number of benzene rings is 1. The van der Waals surface area contributed by atoms with Gasteiger partial charge in [-0.15, -0.1) is 0 Å². The first kappa shape index (κ1) is 21.0. The largest absolute Gasteiger partial charge is 0.325 e. The average Bonchev–Trinajstić information content (AvgIpc) is 2.86. The van der Waals surface area contributed by atoms with E-state index >= 15 is 0 Å². The lowest BCUT2D eigenvalue weighted by molar-refractivity contribution is -0.136. The quantitative estimate of drug-likeness (QED) is 0.470. The van der Waals surface area contributed by atoms with Crippen molar-refractivity contribution in [2.45, 2.75) is 44.6 Å². The molecule has 1 aliphatic heterocycles. The fourth-order valence-electron chi connectivity index (χ4n) is 3.71. The first-order chi connectivity index (χ1) is 13.3. The summed E-state index contributed by atoms with van der Waals surface area (Å²) < 4.78 is 0. The van der Waals surface area contributed by atoms with Gasteiger partial charge in [-0.05, 0) is 43.7 Å². The molecule has 3 N–H and O–H groups in total. The molecule has 1 saturated heterocycles. The van der Waals surface area contributed by atoms with Crippen molar-refractivity contribution in [3.8, 4) is 0 Å². The van der Waals surface area contributed by atoms with Crippen molar-refractivity contribution in [2.24, 2.45) is 5.92 Å². The highest BCUT2D eigenvalue weighted by atomic mass is 35.5. The summed E-state index contributed by atoms with van der Waals surface area (Å²) in [6.45, 7) is 1.72. The highest BCUT2D eigenvalue weighted by Gasteiger charge is 2.52. The molecule has 1 aliphatic carbocycles. The molecular formula is C18H21Cl3N4O3. The smallest absolute Gasteiger partial charge is 0.323 e. The molecule has 10 heteroatoms. The SMILES string of the molecule is CCC1CCC2(CC1)NC(=O)N(CC(=O)NNc1c(Cl)cc(Cl)cc1Cl)C2=O. The molecule has 0 bridgehead atoms. The second-order valence-electron chi connectivity index (χ2n) is 7.17. The van der Waals surface area contributed by atoms with Crippen molar-refractivity contribution in [1.82, 2.24) is 15.6 Å². The first-order valence-electron chi connectivity index (χ1n) is 9.09. The van der Waals surface area contributed by atoms with Crippen LogP contribution in [0.2, 0.25) is 15.1 Å². The molecule has 0 atom stereocenters. The summed E-state index contributed by atoms with van der Waals surface area (Å²) >= 11 is 17.9. The van der Waals surface area contributed by atoms with Crippen LogP contribution >= 0.6 is 34.8 Å². The molecule has 1 aromatic carbocycles. The number of anilines is 1. The molecule has 0 aromatic heterocycles. The van der Waals surface area contributed by atoms with Gasteiger partial charge in [0.2, 0.25) is 0 Å². The maximum atomic E-state index is 12.8. The summed E-state index contributed by atoms with van der Waals surface area (Å²) in [6, 6.07) is 2.40. The molecule has 1 aromatic rings. The average molecular weight is 448 g/mol. The number of halogens is 3. The molecule has 2 fully saturated rings. The van der Waals surface area contributed by atoms with E-state index in [1.807, 2.05) is 0 Å². The Bertz CT molecular complexity index is 786. The Hall–Kier alpha value is -1.70. The maximum absolute atomic E-state index is 12.8. The monoisotopic (exact) mass is 446 g/mol. The van der Waals surface area contributed by atoms with Gasteiger partial charge in [0.05, 0.1) is 15.7 Å². The lowest BCUT2D eigenvalue weighted by Gasteiger charge is -2.34. The molecule has 0 unspecified atom stereocenters. The van der Waals surface area contributed by atoms with Gasteiger partial charge in [0.25, 0.3) is 11.8 Å². The van der Waals surface area contributed by atoms with Crippen LogP contribution in [0.25, 0.3) is 0 Å². The van der Waals surface area contributed by atoms with Gasteiger partial charge in [-0.25, -0.2) is 4.79 Å². The van der Waals surface area contributed by atoms with Crippen molar-refractivity contribution < 1.29 is 14.4 Å². The molecular weight excluding hydrogens is 427 g/mol. The van der Waals surface area contributed by atoms with E-state index in [4.69, 9.17) is 34.8 Å². The lowest BCUT2D eigenvalue weighted by atomic mass is 9.75. The van der Waals surface area contributed by atoms with Gasteiger partial charge in [0.15, 0.2) is 0 Å². The highest BCUT2D eigenvalue weighted by molar-refractivity contribution is 6.41. The van der Waals surface area contributed by atoms with E-state index in [-0.39, 0.29) is 21.6 Å². The molecule has 4 amide bonds. The van der Waals surface area contributed by atoms with Crippen molar-refractivity contribution in [2.75, 3.05) is 12.0 Å². The third-order valence-electron chi connectivity index (χ3n) is 5.42. The Morgan fingerprint density at radius 1 is 1.21 bits per heavy atom. The second-order valence-corrected chi connectivity index (χ2v) is 8.42. The van der Waals surface area contributed by atoms with Crippen LogP contribution in [-0.2, 0) is 9.59 Å². The molecule has 28 heavy (non-hydrogen) atoms. The standard InChI is InChI=1S/C18H21Cl3N4O3/c1-2-10-3-5-18(6-4-10)16(27)25(17(28)22-18)9-14(26)23-24-15-12(20)7-11(19)8-13(15)21/h7-8,10,24H,2-6,9H2,1H3,(H,22,28)(H,23,26). The zero-order chi connectivity index (χ0) is 20.5. The molecule has 1 spiro atoms. The Balaban J connectivity index is 1.60. The van der Waals surface area contributed by atoms with Crippen LogP contribution in [0.5, 0.6) is 0 Å². The van der Waals surface area contributed by atoms with Crippen molar-refractivity contribution in [3.63, 3.8) is 0 Å². The van der Waals surface area contributed by atoms with Crippen LogP contribution in [0.3, 0.4) is 0 Å². The molecule has 2 aliphatic rings. The molecule has 1 heterocycles. The number of hydrogen-bond acceptors (Lipinski definition) is 4. The minimum atomic E-state index is -0.876. The van der Waals surface area contributed by atoms with Crippen LogP contribution < -0.4 is 16.2 Å². The van der Waals surface area contributed by atoms with Gasteiger partial charge >= 0.3 is 6.03 Å². The van der Waals surface area contributed by atoms with Gasteiger partial charge in [0, 0.05) is 5.02 Å². The number of rotatable bonds is 5. The maximum Gasteiger partial charge on any atom is 0.325 e. The van der Waals surface area contributed by atoms with E-state index in [1.54, 1.807) is 0 Å². The summed E-state index contributed by atoms with van der Waals surface area (Å²) in [4.78, 5) is 38.3. The predicted octanol–water partition coefficient (Wildman–Crippen LogP) is 3.98. The number of hydrazine groups is 1. The topological polar surface area (TPSA) is 90.5 Å². The molecule has 7 nitrogen and oxygen atoms in total. The predicted molar refractivity (Wildman–Crippen MR) is 108 cm³/mol. The number of carbonyl (C=O) groups excluding carboxylic acids is 3. The van der Waals surface area contributed by atoms with E-state index in [9.17, 15) is 14.4 Å². The fraction of sp³-hybridized carbons (Fsp3) is 0.500. The van der Waals surface area contributed by atoms with E-state index < -0.39 is 24.0 Å². The minimum Gasteiger partial charge on any atom is -0.323 e. The van der Waals surface area contributed by atoms with Gasteiger partial charge in [-0.1, -0.05) is 48.1 Å². The number of imide groups is 1. The van der Waals surface area contributed by atoms with Crippen LogP contribution in [0.15, 0.2) is 12.1 Å². The summed E-state index contributed by atoms with van der Waals surface area (Å²) in [7, 11) is 0. The van der Waals surface area contributed by atoms with E-state index in [0.717, 1.165) is 24.2 Å². The fourth-order valence-corrected chi connectivity index (χ4v) is 4.63. The molecule has 1 saturated carbocycles. The molecule has 152 valence electrons. The Morgan fingerprint density at radius 2 is 1.82 bits per heavy atom. The third-order valence-corrected chi connectivity index (χ3v) is 6.23. The summed E-state index contributed by atoms with van der Waals surface area (Å²) in [5, 5.41) is 3.60. The highest BCUT2D eigenvalue weighted by Crippen LogP contribution is 2.37. The van der Waals surface area contributed by atoms with Crippen LogP contribution in [0.4, 0.5) is 10.5 Å². The number of carbonyl (C=O) groups is 3. The Kier molecular flexibility index (Phi) is 6.27.